The number of ether oxygens (including phenoxy) is 2. The van der Waals surface area contributed by atoms with E-state index >= 15 is 0 Å². The molecule has 36 heavy (non-hydrogen) atoms. The summed E-state index contributed by atoms with van der Waals surface area (Å²) < 4.78 is 12.8. The molecule has 1 fully saturated rings. The van der Waals surface area contributed by atoms with E-state index in [9.17, 15) is 14.7 Å². The van der Waals surface area contributed by atoms with E-state index in [1.807, 2.05) is 57.2 Å². The molecule has 0 aromatic heterocycles. The van der Waals surface area contributed by atoms with Crippen molar-refractivity contribution in [3.8, 4) is 0 Å². The molecule has 2 aromatic rings. The molecule has 3 rings (SSSR count). The molecule has 5 nitrogen and oxygen atoms in total. The van der Waals surface area contributed by atoms with Crippen molar-refractivity contribution in [3.63, 3.8) is 0 Å². The minimum absolute atomic E-state index is 0.0400. The fourth-order valence-electron chi connectivity index (χ4n) is 4.61. The quantitative estimate of drug-likeness (QED) is 0.435. The number of hydrogen-bond donors (Lipinski definition) is 1. The number of carboxylic acid groups (broad SMARTS) is 1. The molecule has 5 heteroatoms. The van der Waals surface area contributed by atoms with Gasteiger partial charge in [0.05, 0.1) is 19.1 Å². The van der Waals surface area contributed by atoms with Gasteiger partial charge in [-0.05, 0) is 24.0 Å². The Morgan fingerprint density at radius 1 is 0.833 bits per heavy atom. The number of rotatable bonds is 7. The lowest BCUT2D eigenvalue weighted by Crippen LogP contribution is -2.52. The van der Waals surface area contributed by atoms with Crippen molar-refractivity contribution in [2.45, 2.75) is 74.0 Å². The van der Waals surface area contributed by atoms with Crippen LogP contribution in [-0.2, 0) is 32.9 Å². The molecule has 0 spiro atoms. The maximum atomic E-state index is 12.5. The summed E-state index contributed by atoms with van der Waals surface area (Å²) in [4.78, 5) is 24.6. The number of carbonyl (C=O) groups excluding carboxylic acids is 1. The maximum Gasteiger partial charge on any atom is 0.307 e. The third-order valence-corrected chi connectivity index (χ3v) is 6.86. The van der Waals surface area contributed by atoms with Gasteiger partial charge in [-0.25, -0.2) is 0 Å². The van der Waals surface area contributed by atoms with E-state index in [-0.39, 0.29) is 16.6 Å². The molecule has 1 aliphatic rings. The molecule has 1 atom stereocenters. The Hall–Kier alpha value is -2.50. The molecule has 1 aliphatic heterocycles. The molecule has 1 N–H and O–H groups in total. The Bertz CT molecular complexity index is 1060. The lowest BCUT2D eigenvalue weighted by atomic mass is 9.78. The molecule has 1 heterocycles. The van der Waals surface area contributed by atoms with Gasteiger partial charge in [0.15, 0.2) is 11.6 Å². The Labute approximate surface area is 216 Å². The molecule has 1 saturated heterocycles. The second-order valence-corrected chi connectivity index (χ2v) is 13.0. The Kier molecular flexibility index (Phi) is 7.88. The molecule has 196 valence electrons. The van der Waals surface area contributed by atoms with Crippen molar-refractivity contribution in [1.29, 1.82) is 0 Å². The number of ketones is 1. The Morgan fingerprint density at radius 2 is 1.28 bits per heavy atom. The first-order valence-electron chi connectivity index (χ1n) is 12.8. The zero-order valence-electron chi connectivity index (χ0n) is 23.1. The van der Waals surface area contributed by atoms with Crippen LogP contribution >= 0.6 is 0 Å². The van der Waals surface area contributed by atoms with Gasteiger partial charge < -0.3 is 14.6 Å². The van der Waals surface area contributed by atoms with Crippen molar-refractivity contribution in [1.82, 2.24) is 0 Å². The van der Waals surface area contributed by atoms with Gasteiger partial charge in [0.2, 0.25) is 0 Å². The van der Waals surface area contributed by atoms with Gasteiger partial charge in [-0.3, -0.25) is 9.59 Å². The summed E-state index contributed by atoms with van der Waals surface area (Å²) in [6.07, 6.45) is 0.809. The number of aliphatic carboxylic acids is 1. The van der Waals surface area contributed by atoms with Crippen LogP contribution in [0, 0.1) is 22.2 Å². The highest BCUT2D eigenvalue weighted by Crippen LogP contribution is 2.48. The summed E-state index contributed by atoms with van der Waals surface area (Å²) in [5, 5.41) is 9.91. The monoisotopic (exact) mass is 494 g/mol. The minimum atomic E-state index is -0.848. The van der Waals surface area contributed by atoms with Crippen LogP contribution in [0.5, 0.6) is 0 Å². The summed E-state index contributed by atoms with van der Waals surface area (Å²) in [6.45, 7) is 17.5. The molecular formula is C31H42O5. The Balaban J connectivity index is 1.75. The van der Waals surface area contributed by atoms with E-state index in [1.54, 1.807) is 12.1 Å². The van der Waals surface area contributed by atoms with Crippen LogP contribution in [0.2, 0.25) is 0 Å². The fraction of sp³-hybridized carbons (Fsp3) is 0.548. The number of carboxylic acids is 1. The molecule has 0 bridgehead atoms. The van der Waals surface area contributed by atoms with Crippen molar-refractivity contribution < 1.29 is 24.2 Å². The number of hydrogen-bond acceptors (Lipinski definition) is 4. The predicted molar refractivity (Wildman–Crippen MR) is 142 cm³/mol. The van der Waals surface area contributed by atoms with E-state index in [4.69, 9.17) is 9.47 Å². The molecule has 1 unspecified atom stereocenters. The second kappa shape index (κ2) is 10.1. The van der Waals surface area contributed by atoms with Gasteiger partial charge in [-0.2, -0.15) is 0 Å². The fourth-order valence-corrected chi connectivity index (χ4v) is 4.61. The maximum absolute atomic E-state index is 12.5. The summed E-state index contributed by atoms with van der Waals surface area (Å²) in [5.41, 5.74) is 2.68. The highest BCUT2D eigenvalue weighted by atomic mass is 16.7. The summed E-state index contributed by atoms with van der Waals surface area (Å²) in [7, 11) is 0. The second-order valence-electron chi connectivity index (χ2n) is 13.0. The highest BCUT2D eigenvalue weighted by Gasteiger charge is 2.50. The SMILES string of the molecule is CC1(C)COC(c2ccc(CC(Cc3ccc(C(=O)C(C)(C)C)cc3)C(=O)O)cc2)(C(C)(C)C)OC1. The van der Waals surface area contributed by atoms with Crippen LogP contribution in [0.4, 0.5) is 0 Å². The number of Topliss-reactive ketones (excluding diaryl/α,β-unsaturated/α-hetero) is 1. The topological polar surface area (TPSA) is 72.8 Å². The van der Waals surface area contributed by atoms with Gasteiger partial charge in [0, 0.05) is 27.4 Å². The third kappa shape index (κ3) is 6.24. The van der Waals surface area contributed by atoms with Crippen molar-refractivity contribution >= 4 is 11.8 Å². The van der Waals surface area contributed by atoms with Crippen LogP contribution in [0.3, 0.4) is 0 Å². The lowest BCUT2D eigenvalue weighted by molar-refractivity contribution is -0.350. The average molecular weight is 495 g/mol. The van der Waals surface area contributed by atoms with Crippen LogP contribution in [0.25, 0.3) is 0 Å². The van der Waals surface area contributed by atoms with Crippen molar-refractivity contribution in [2.24, 2.45) is 22.2 Å². The molecule has 2 aromatic carbocycles. The molecule has 0 radical (unpaired) electrons. The van der Waals surface area contributed by atoms with E-state index in [2.05, 4.69) is 34.6 Å². The smallest absolute Gasteiger partial charge is 0.307 e. The normalized spacial score (nSPS) is 18.4. The largest absolute Gasteiger partial charge is 0.481 e. The van der Waals surface area contributed by atoms with Crippen molar-refractivity contribution in [2.75, 3.05) is 13.2 Å². The van der Waals surface area contributed by atoms with Crippen molar-refractivity contribution in [3.05, 3.63) is 70.8 Å². The summed E-state index contributed by atoms with van der Waals surface area (Å²) in [5.74, 6) is -2.17. The van der Waals surface area contributed by atoms with E-state index < -0.39 is 23.1 Å². The van der Waals surface area contributed by atoms with E-state index in [0.29, 0.717) is 31.6 Å². The number of carbonyl (C=O) groups is 2. The average Bonchev–Trinajstić information content (AvgIpc) is 2.78. The highest BCUT2D eigenvalue weighted by molar-refractivity contribution is 5.99. The third-order valence-electron chi connectivity index (χ3n) is 6.86. The van der Waals surface area contributed by atoms with Gasteiger partial charge >= 0.3 is 5.97 Å². The lowest BCUT2D eigenvalue weighted by Gasteiger charge is -2.50. The van der Waals surface area contributed by atoms with Gasteiger partial charge in [0.1, 0.15) is 0 Å². The van der Waals surface area contributed by atoms with Crippen LogP contribution in [0.15, 0.2) is 48.5 Å². The standard InChI is InChI=1S/C31H42O5/c1-28(2,3)26(32)23-13-9-21(10-14-23)17-24(27(33)34)18-22-11-15-25(16-12-22)31(29(4,5)6)35-19-30(7,8)20-36-31/h9-16,24H,17-20H2,1-8H3,(H,33,34). The van der Waals surface area contributed by atoms with Crippen LogP contribution in [-0.4, -0.2) is 30.1 Å². The summed E-state index contributed by atoms with van der Waals surface area (Å²) in [6, 6.07) is 15.3. The molecule has 0 aliphatic carbocycles. The summed E-state index contributed by atoms with van der Waals surface area (Å²) >= 11 is 0. The zero-order valence-corrected chi connectivity index (χ0v) is 23.1. The first-order chi connectivity index (χ1) is 16.5. The first kappa shape index (κ1) is 28.1. The Morgan fingerprint density at radius 3 is 1.67 bits per heavy atom. The zero-order chi connectivity index (χ0) is 26.9. The predicted octanol–water partition coefficient (Wildman–Crippen LogP) is 6.67. The molecule has 0 saturated carbocycles. The van der Waals surface area contributed by atoms with Crippen LogP contribution in [0.1, 0.15) is 82.4 Å². The minimum Gasteiger partial charge on any atom is -0.481 e. The van der Waals surface area contributed by atoms with E-state index in [1.165, 1.54) is 0 Å². The van der Waals surface area contributed by atoms with Gasteiger partial charge in [0.25, 0.3) is 0 Å². The van der Waals surface area contributed by atoms with Gasteiger partial charge in [-0.15, -0.1) is 0 Å². The molecule has 0 amide bonds. The first-order valence-corrected chi connectivity index (χ1v) is 12.8. The van der Waals surface area contributed by atoms with Gasteiger partial charge in [-0.1, -0.05) is 104 Å². The molecular weight excluding hydrogens is 452 g/mol. The number of benzene rings is 2. The van der Waals surface area contributed by atoms with E-state index in [0.717, 1.165) is 16.7 Å². The van der Waals surface area contributed by atoms with Crippen LogP contribution < -0.4 is 0 Å².